The molecule has 2 heterocycles. The van der Waals surface area contributed by atoms with Crippen LogP contribution >= 0.6 is 12.2 Å². The van der Waals surface area contributed by atoms with Gasteiger partial charge < -0.3 is 14.2 Å². The van der Waals surface area contributed by atoms with Crippen molar-refractivity contribution in [2.24, 2.45) is 0 Å². The van der Waals surface area contributed by atoms with Crippen LogP contribution < -0.4 is 10.6 Å². The lowest BCUT2D eigenvalue weighted by Gasteiger charge is -2.08. The molecule has 1 amide bonds. The predicted octanol–water partition coefficient (Wildman–Crippen LogP) is 4.52. The number of amides is 1. The SMILES string of the molecule is Cc1ccc(-c2nc3cc(NC(=S)NC(=O)c4ccco4)ccc3o2)cc1. The molecular formula is C20H15N3O3S. The van der Waals surface area contributed by atoms with Crippen molar-refractivity contribution in [3.63, 3.8) is 0 Å². The summed E-state index contributed by atoms with van der Waals surface area (Å²) in [6.45, 7) is 2.03. The maximum absolute atomic E-state index is 11.9. The van der Waals surface area contributed by atoms with Gasteiger partial charge in [-0.2, -0.15) is 0 Å². The molecule has 0 atom stereocenters. The van der Waals surface area contributed by atoms with Crippen molar-refractivity contribution in [2.75, 3.05) is 5.32 Å². The van der Waals surface area contributed by atoms with Gasteiger partial charge in [0, 0.05) is 11.3 Å². The first-order valence-electron chi connectivity index (χ1n) is 8.22. The van der Waals surface area contributed by atoms with Crippen LogP contribution in [0.25, 0.3) is 22.6 Å². The van der Waals surface area contributed by atoms with Crippen LogP contribution in [0, 0.1) is 6.92 Å². The zero-order valence-corrected chi connectivity index (χ0v) is 15.2. The van der Waals surface area contributed by atoms with Crippen molar-refractivity contribution in [1.29, 1.82) is 0 Å². The Hall–Kier alpha value is -3.45. The van der Waals surface area contributed by atoms with Crippen LogP contribution in [0.3, 0.4) is 0 Å². The Morgan fingerprint density at radius 3 is 2.67 bits per heavy atom. The third kappa shape index (κ3) is 3.73. The first-order chi connectivity index (χ1) is 13.1. The van der Waals surface area contributed by atoms with Gasteiger partial charge in [-0.3, -0.25) is 10.1 Å². The number of oxazole rings is 1. The van der Waals surface area contributed by atoms with Gasteiger partial charge in [0.25, 0.3) is 5.91 Å². The highest BCUT2D eigenvalue weighted by Crippen LogP contribution is 2.26. The Kier molecular flexibility index (Phi) is 4.43. The van der Waals surface area contributed by atoms with E-state index in [2.05, 4.69) is 15.6 Å². The summed E-state index contributed by atoms with van der Waals surface area (Å²) in [6, 6.07) is 16.6. The molecule has 0 unspecified atom stereocenters. The van der Waals surface area contributed by atoms with Crippen molar-refractivity contribution in [1.82, 2.24) is 10.3 Å². The topological polar surface area (TPSA) is 80.3 Å². The number of anilines is 1. The summed E-state index contributed by atoms with van der Waals surface area (Å²) in [6.07, 6.45) is 1.43. The smallest absolute Gasteiger partial charge is 0.293 e. The fourth-order valence-electron chi connectivity index (χ4n) is 2.56. The molecular weight excluding hydrogens is 362 g/mol. The first kappa shape index (κ1) is 17.0. The molecule has 0 aliphatic heterocycles. The number of carbonyl (C=O) groups is 1. The van der Waals surface area contributed by atoms with E-state index in [0.29, 0.717) is 22.7 Å². The average Bonchev–Trinajstić information content (AvgIpc) is 3.31. The number of fused-ring (bicyclic) bond motifs is 1. The van der Waals surface area contributed by atoms with Gasteiger partial charge in [0.2, 0.25) is 5.89 Å². The van der Waals surface area contributed by atoms with Gasteiger partial charge in [0.1, 0.15) is 5.52 Å². The second-order valence-electron chi connectivity index (χ2n) is 5.95. The predicted molar refractivity (Wildman–Crippen MR) is 107 cm³/mol. The number of carbonyl (C=O) groups excluding carboxylic acids is 1. The van der Waals surface area contributed by atoms with Crippen LogP contribution in [0.4, 0.5) is 5.69 Å². The fourth-order valence-corrected chi connectivity index (χ4v) is 2.77. The number of nitrogens with zero attached hydrogens (tertiary/aromatic N) is 1. The van der Waals surface area contributed by atoms with E-state index in [1.807, 2.05) is 37.3 Å². The summed E-state index contributed by atoms with van der Waals surface area (Å²) >= 11 is 5.17. The van der Waals surface area contributed by atoms with Crippen LogP contribution in [0.1, 0.15) is 16.1 Å². The van der Waals surface area contributed by atoms with Gasteiger partial charge in [-0.05, 0) is 61.6 Å². The van der Waals surface area contributed by atoms with E-state index in [0.717, 1.165) is 5.56 Å². The largest absolute Gasteiger partial charge is 0.459 e. The first-order valence-corrected chi connectivity index (χ1v) is 8.63. The van der Waals surface area contributed by atoms with E-state index >= 15 is 0 Å². The Labute approximate surface area is 160 Å². The van der Waals surface area contributed by atoms with E-state index < -0.39 is 5.91 Å². The number of aryl methyl sites for hydroxylation is 1. The van der Waals surface area contributed by atoms with Gasteiger partial charge in [-0.25, -0.2) is 4.98 Å². The van der Waals surface area contributed by atoms with Gasteiger partial charge in [0.05, 0.1) is 6.26 Å². The zero-order valence-electron chi connectivity index (χ0n) is 14.4. The van der Waals surface area contributed by atoms with Gasteiger partial charge in [-0.15, -0.1) is 0 Å². The van der Waals surface area contributed by atoms with Crippen molar-refractivity contribution < 1.29 is 13.6 Å². The summed E-state index contributed by atoms with van der Waals surface area (Å²) in [5.74, 6) is 0.325. The second kappa shape index (κ2) is 7.05. The van der Waals surface area contributed by atoms with Crippen LogP contribution in [-0.2, 0) is 0 Å². The number of hydrogen-bond acceptors (Lipinski definition) is 5. The van der Waals surface area contributed by atoms with Crippen molar-refractivity contribution in [2.45, 2.75) is 6.92 Å². The maximum atomic E-state index is 11.9. The summed E-state index contributed by atoms with van der Waals surface area (Å²) in [7, 11) is 0. The molecule has 6 nitrogen and oxygen atoms in total. The molecule has 0 aliphatic carbocycles. The molecule has 4 aromatic rings. The standard InChI is InChI=1S/C20H15N3O3S/c1-12-4-6-13(7-5-12)19-22-15-11-14(8-9-16(15)26-19)21-20(27)23-18(24)17-3-2-10-25-17/h2-11H,1H3,(H2,21,23,24,27). The van der Waals surface area contributed by atoms with Crippen molar-refractivity contribution in [3.05, 3.63) is 72.2 Å². The summed E-state index contributed by atoms with van der Waals surface area (Å²) in [4.78, 5) is 16.5. The molecule has 0 aliphatic rings. The van der Waals surface area contributed by atoms with Crippen molar-refractivity contribution in [3.8, 4) is 11.5 Å². The number of nitrogens with one attached hydrogen (secondary N) is 2. The molecule has 7 heteroatoms. The number of benzene rings is 2. The van der Waals surface area contributed by atoms with Gasteiger partial charge in [0.15, 0.2) is 16.5 Å². The average molecular weight is 377 g/mol. The van der Waals surface area contributed by atoms with Crippen LogP contribution in [0.15, 0.2) is 69.7 Å². The second-order valence-corrected chi connectivity index (χ2v) is 6.36. The number of furan rings is 1. The Balaban J connectivity index is 1.50. The molecule has 2 aromatic heterocycles. The third-order valence-electron chi connectivity index (χ3n) is 3.92. The number of rotatable bonds is 3. The molecule has 2 aromatic carbocycles. The molecule has 0 radical (unpaired) electrons. The highest BCUT2D eigenvalue weighted by atomic mass is 32.1. The van der Waals surface area contributed by atoms with E-state index in [-0.39, 0.29) is 10.9 Å². The minimum Gasteiger partial charge on any atom is -0.459 e. The molecule has 4 rings (SSSR count). The van der Waals surface area contributed by atoms with Crippen LogP contribution in [0.2, 0.25) is 0 Å². The molecule has 0 saturated heterocycles. The number of thiocarbonyl (C=S) groups is 1. The Bertz CT molecular complexity index is 1120. The summed E-state index contributed by atoms with van der Waals surface area (Å²) in [5, 5.41) is 5.68. The van der Waals surface area contributed by atoms with E-state index in [1.54, 1.807) is 24.3 Å². The molecule has 134 valence electrons. The molecule has 2 N–H and O–H groups in total. The lowest BCUT2D eigenvalue weighted by Crippen LogP contribution is -2.33. The van der Waals surface area contributed by atoms with E-state index in [1.165, 1.54) is 11.8 Å². The highest BCUT2D eigenvalue weighted by molar-refractivity contribution is 7.80. The molecule has 0 bridgehead atoms. The fraction of sp³-hybridized carbons (Fsp3) is 0.0500. The minimum absolute atomic E-state index is 0.165. The summed E-state index contributed by atoms with van der Waals surface area (Å²) in [5.41, 5.74) is 4.13. The Morgan fingerprint density at radius 1 is 1.11 bits per heavy atom. The van der Waals surface area contributed by atoms with Crippen molar-refractivity contribution >= 4 is 40.0 Å². The lowest BCUT2D eigenvalue weighted by atomic mass is 10.1. The van der Waals surface area contributed by atoms with Gasteiger partial charge >= 0.3 is 0 Å². The number of hydrogen-bond donors (Lipinski definition) is 2. The highest BCUT2D eigenvalue weighted by Gasteiger charge is 2.12. The van der Waals surface area contributed by atoms with E-state index in [4.69, 9.17) is 21.1 Å². The maximum Gasteiger partial charge on any atom is 0.293 e. The third-order valence-corrected chi connectivity index (χ3v) is 4.12. The number of aromatic nitrogens is 1. The molecule has 27 heavy (non-hydrogen) atoms. The molecule has 0 saturated carbocycles. The molecule has 0 fully saturated rings. The summed E-state index contributed by atoms with van der Waals surface area (Å²) < 4.78 is 10.8. The monoisotopic (exact) mass is 377 g/mol. The quantitative estimate of drug-likeness (QED) is 0.511. The lowest BCUT2D eigenvalue weighted by molar-refractivity contribution is 0.0950. The Morgan fingerprint density at radius 2 is 1.93 bits per heavy atom. The van der Waals surface area contributed by atoms with Crippen LogP contribution in [0.5, 0.6) is 0 Å². The van der Waals surface area contributed by atoms with Gasteiger partial charge in [-0.1, -0.05) is 17.7 Å². The van der Waals surface area contributed by atoms with Crippen LogP contribution in [-0.4, -0.2) is 16.0 Å². The minimum atomic E-state index is -0.415. The van der Waals surface area contributed by atoms with E-state index in [9.17, 15) is 4.79 Å². The molecule has 0 spiro atoms. The zero-order chi connectivity index (χ0) is 18.8. The normalized spacial score (nSPS) is 10.7.